The first-order valence-corrected chi connectivity index (χ1v) is 7.28. The molecular weight excluding hydrogens is 224 g/mol. The molecule has 1 unspecified atom stereocenters. The molecule has 0 saturated heterocycles. The van der Waals surface area contributed by atoms with Crippen LogP contribution >= 0.6 is 0 Å². The van der Waals surface area contributed by atoms with E-state index in [0.29, 0.717) is 12.5 Å². The van der Waals surface area contributed by atoms with Crippen molar-refractivity contribution in [2.75, 3.05) is 20.1 Å². The van der Waals surface area contributed by atoms with Crippen molar-refractivity contribution in [3.05, 3.63) is 0 Å². The molecule has 0 bridgehead atoms. The van der Waals surface area contributed by atoms with Gasteiger partial charge in [0.15, 0.2) is 0 Å². The number of carbonyl (C=O) groups is 1. The van der Waals surface area contributed by atoms with E-state index in [1.165, 1.54) is 25.7 Å². The van der Waals surface area contributed by atoms with Crippen LogP contribution in [-0.2, 0) is 4.79 Å². The molecule has 1 aliphatic rings. The minimum Gasteiger partial charge on any atom is -0.345 e. The molecule has 1 rings (SSSR count). The number of amides is 1. The average Bonchev–Trinajstić information content (AvgIpc) is 2.76. The molecule has 0 radical (unpaired) electrons. The minimum absolute atomic E-state index is 0.0172. The summed E-state index contributed by atoms with van der Waals surface area (Å²) in [6.07, 6.45) is 6.09. The van der Waals surface area contributed by atoms with Gasteiger partial charge in [-0.2, -0.15) is 0 Å². The van der Waals surface area contributed by atoms with E-state index in [9.17, 15) is 4.79 Å². The highest BCUT2D eigenvalue weighted by Gasteiger charge is 2.27. The van der Waals surface area contributed by atoms with Crippen LogP contribution in [0.25, 0.3) is 0 Å². The second-order valence-electron chi connectivity index (χ2n) is 7.07. The molecule has 1 atom stereocenters. The van der Waals surface area contributed by atoms with Gasteiger partial charge >= 0.3 is 0 Å². The highest BCUT2D eigenvalue weighted by molar-refractivity contribution is 5.78. The Balaban J connectivity index is 2.48. The van der Waals surface area contributed by atoms with Gasteiger partial charge in [0.1, 0.15) is 0 Å². The molecule has 3 heteroatoms. The zero-order valence-corrected chi connectivity index (χ0v) is 12.5. The Hall–Kier alpha value is -0.570. The molecule has 1 fully saturated rings. The standard InChI is InChI=1S/C15H30N2O/c1-15(2,3)9-13(10-16)14(18)17(4)11-12-7-5-6-8-12/h12-13H,5-11,16H2,1-4H3. The Morgan fingerprint density at radius 2 is 1.89 bits per heavy atom. The van der Waals surface area contributed by atoms with Crippen molar-refractivity contribution < 1.29 is 4.79 Å². The van der Waals surface area contributed by atoms with Crippen molar-refractivity contribution in [3.63, 3.8) is 0 Å². The van der Waals surface area contributed by atoms with Crippen LogP contribution in [-0.4, -0.2) is 30.9 Å². The maximum absolute atomic E-state index is 12.4. The summed E-state index contributed by atoms with van der Waals surface area (Å²) in [6.45, 7) is 7.88. The molecule has 106 valence electrons. The van der Waals surface area contributed by atoms with Crippen molar-refractivity contribution in [2.24, 2.45) is 23.0 Å². The summed E-state index contributed by atoms with van der Waals surface area (Å²) < 4.78 is 0. The number of rotatable bonds is 5. The van der Waals surface area contributed by atoms with Gasteiger partial charge in [-0.15, -0.1) is 0 Å². The van der Waals surface area contributed by atoms with E-state index in [0.717, 1.165) is 13.0 Å². The zero-order chi connectivity index (χ0) is 13.8. The Morgan fingerprint density at radius 1 is 1.33 bits per heavy atom. The van der Waals surface area contributed by atoms with Crippen LogP contribution in [0.4, 0.5) is 0 Å². The summed E-state index contributed by atoms with van der Waals surface area (Å²) in [7, 11) is 1.94. The monoisotopic (exact) mass is 254 g/mol. The van der Waals surface area contributed by atoms with Crippen molar-refractivity contribution in [2.45, 2.75) is 52.9 Å². The molecule has 0 aromatic carbocycles. The highest BCUT2D eigenvalue weighted by Crippen LogP contribution is 2.27. The Kier molecular flexibility index (Phi) is 5.64. The molecule has 0 aromatic heterocycles. The predicted molar refractivity (Wildman–Crippen MR) is 76.2 cm³/mol. The predicted octanol–water partition coefficient (Wildman–Crippen LogP) is 2.65. The van der Waals surface area contributed by atoms with Gasteiger partial charge < -0.3 is 10.6 Å². The third-order valence-corrected chi connectivity index (χ3v) is 3.88. The highest BCUT2D eigenvalue weighted by atomic mass is 16.2. The summed E-state index contributed by atoms with van der Waals surface area (Å²) in [4.78, 5) is 14.3. The summed E-state index contributed by atoms with van der Waals surface area (Å²) in [5.41, 5.74) is 5.94. The zero-order valence-electron chi connectivity index (χ0n) is 12.5. The van der Waals surface area contributed by atoms with Crippen molar-refractivity contribution in [1.82, 2.24) is 4.90 Å². The van der Waals surface area contributed by atoms with Crippen LogP contribution in [0, 0.1) is 17.3 Å². The van der Waals surface area contributed by atoms with Crippen LogP contribution in [0.2, 0.25) is 0 Å². The lowest BCUT2D eigenvalue weighted by Gasteiger charge is -2.29. The first kappa shape index (κ1) is 15.5. The van der Waals surface area contributed by atoms with E-state index in [-0.39, 0.29) is 17.2 Å². The average molecular weight is 254 g/mol. The van der Waals surface area contributed by atoms with E-state index in [1.54, 1.807) is 0 Å². The third-order valence-electron chi connectivity index (χ3n) is 3.88. The molecule has 0 aliphatic heterocycles. The van der Waals surface area contributed by atoms with Gasteiger partial charge in [-0.05, 0) is 30.6 Å². The Bertz CT molecular complexity index is 264. The van der Waals surface area contributed by atoms with Crippen molar-refractivity contribution >= 4 is 5.91 Å². The lowest BCUT2D eigenvalue weighted by atomic mass is 9.84. The number of hydrogen-bond acceptors (Lipinski definition) is 2. The van der Waals surface area contributed by atoms with Gasteiger partial charge in [-0.1, -0.05) is 33.6 Å². The van der Waals surface area contributed by atoms with Crippen LogP contribution in [0.5, 0.6) is 0 Å². The maximum Gasteiger partial charge on any atom is 0.226 e. The Morgan fingerprint density at radius 3 is 2.33 bits per heavy atom. The van der Waals surface area contributed by atoms with Gasteiger partial charge in [-0.25, -0.2) is 0 Å². The molecule has 1 aliphatic carbocycles. The number of hydrogen-bond donors (Lipinski definition) is 1. The van der Waals surface area contributed by atoms with Gasteiger partial charge in [0.05, 0.1) is 5.92 Å². The van der Waals surface area contributed by atoms with E-state index < -0.39 is 0 Å². The van der Waals surface area contributed by atoms with E-state index in [1.807, 2.05) is 11.9 Å². The number of nitrogens with two attached hydrogens (primary N) is 1. The molecule has 18 heavy (non-hydrogen) atoms. The molecule has 0 heterocycles. The largest absolute Gasteiger partial charge is 0.345 e. The fraction of sp³-hybridized carbons (Fsp3) is 0.933. The van der Waals surface area contributed by atoms with Crippen LogP contribution in [0.15, 0.2) is 0 Å². The minimum atomic E-state index is -0.0172. The van der Waals surface area contributed by atoms with E-state index in [4.69, 9.17) is 5.73 Å². The first-order chi connectivity index (χ1) is 8.33. The molecule has 3 nitrogen and oxygen atoms in total. The van der Waals surface area contributed by atoms with Crippen LogP contribution < -0.4 is 5.73 Å². The molecule has 1 saturated carbocycles. The topological polar surface area (TPSA) is 46.3 Å². The SMILES string of the molecule is CN(CC1CCCC1)C(=O)C(CN)CC(C)(C)C. The van der Waals surface area contributed by atoms with Crippen molar-refractivity contribution in [3.8, 4) is 0 Å². The van der Waals surface area contributed by atoms with Crippen LogP contribution in [0.3, 0.4) is 0 Å². The molecule has 0 aromatic rings. The van der Waals surface area contributed by atoms with E-state index in [2.05, 4.69) is 20.8 Å². The van der Waals surface area contributed by atoms with Gasteiger partial charge in [0.2, 0.25) is 5.91 Å². The summed E-state index contributed by atoms with van der Waals surface area (Å²) in [5.74, 6) is 0.933. The third kappa shape index (κ3) is 4.97. The fourth-order valence-corrected chi connectivity index (χ4v) is 2.99. The first-order valence-electron chi connectivity index (χ1n) is 7.28. The summed E-state index contributed by atoms with van der Waals surface area (Å²) >= 11 is 0. The van der Waals surface area contributed by atoms with Crippen LogP contribution in [0.1, 0.15) is 52.9 Å². The van der Waals surface area contributed by atoms with Gasteiger partial charge in [0, 0.05) is 20.1 Å². The second kappa shape index (κ2) is 6.55. The summed E-state index contributed by atoms with van der Waals surface area (Å²) in [5, 5.41) is 0. The fourth-order valence-electron chi connectivity index (χ4n) is 2.99. The smallest absolute Gasteiger partial charge is 0.226 e. The molecule has 1 amide bonds. The van der Waals surface area contributed by atoms with E-state index >= 15 is 0 Å². The lowest BCUT2D eigenvalue weighted by molar-refractivity contribution is -0.135. The normalized spacial score (nSPS) is 18.9. The quantitative estimate of drug-likeness (QED) is 0.820. The van der Waals surface area contributed by atoms with Gasteiger partial charge in [0.25, 0.3) is 0 Å². The summed E-state index contributed by atoms with van der Waals surface area (Å²) in [6, 6.07) is 0. The number of nitrogens with zero attached hydrogens (tertiary/aromatic N) is 1. The lowest BCUT2D eigenvalue weighted by Crippen LogP contribution is -2.40. The van der Waals surface area contributed by atoms with Gasteiger partial charge in [-0.3, -0.25) is 4.79 Å². The number of carbonyl (C=O) groups excluding carboxylic acids is 1. The maximum atomic E-state index is 12.4. The molecule has 0 spiro atoms. The molecule has 2 N–H and O–H groups in total. The second-order valence-corrected chi connectivity index (χ2v) is 7.07. The van der Waals surface area contributed by atoms with Crippen molar-refractivity contribution in [1.29, 1.82) is 0 Å². The Labute approximate surface area is 112 Å². The molecular formula is C15H30N2O.